The van der Waals surface area contributed by atoms with Gasteiger partial charge in [0.15, 0.2) is 0 Å². The summed E-state index contributed by atoms with van der Waals surface area (Å²) in [6, 6.07) is 7.44. The molecule has 1 aromatic carbocycles. The highest BCUT2D eigenvalue weighted by Crippen LogP contribution is 2.26. The van der Waals surface area contributed by atoms with E-state index in [0.717, 1.165) is 5.69 Å². The van der Waals surface area contributed by atoms with Crippen molar-refractivity contribution in [2.45, 2.75) is 46.3 Å². The number of benzene rings is 1. The largest absolute Gasteiger partial charge is 0.444 e. The van der Waals surface area contributed by atoms with E-state index in [2.05, 4.69) is 0 Å². The average Bonchev–Trinajstić information content (AvgIpc) is 2.68. The van der Waals surface area contributed by atoms with Crippen molar-refractivity contribution >= 4 is 29.3 Å². The van der Waals surface area contributed by atoms with Crippen LogP contribution in [0.5, 0.6) is 0 Å². The number of rotatable bonds is 4. The highest BCUT2D eigenvalue weighted by molar-refractivity contribution is 6.30. The molecule has 0 spiro atoms. The van der Waals surface area contributed by atoms with Crippen LogP contribution in [0.1, 0.15) is 39.0 Å². The van der Waals surface area contributed by atoms with Crippen LogP contribution in [0.25, 0.3) is 0 Å². The maximum Gasteiger partial charge on any atom is 0.410 e. The van der Waals surface area contributed by atoms with E-state index in [-0.39, 0.29) is 12.1 Å². The van der Waals surface area contributed by atoms with E-state index in [4.69, 9.17) is 21.3 Å². The highest BCUT2D eigenvalue weighted by atomic mass is 35.5. The Morgan fingerprint density at radius 1 is 1.23 bits per heavy atom. The summed E-state index contributed by atoms with van der Waals surface area (Å²) in [7, 11) is 3.59. The van der Waals surface area contributed by atoms with Gasteiger partial charge in [0.1, 0.15) is 5.60 Å². The van der Waals surface area contributed by atoms with Gasteiger partial charge in [-0.2, -0.15) is 4.68 Å². The molecule has 0 saturated heterocycles. The first-order valence-corrected chi connectivity index (χ1v) is 10.7. The fraction of sp³-hybridized carbons (Fsp3) is 0.500. The molecule has 0 aliphatic carbocycles. The van der Waals surface area contributed by atoms with Gasteiger partial charge < -0.3 is 19.5 Å². The zero-order valence-electron chi connectivity index (χ0n) is 19.0. The molecular formula is C22H30ClN5O3. The number of amides is 1. The number of nitrogens with zero attached hydrogens (tertiary/aromatic N) is 5. The van der Waals surface area contributed by atoms with Gasteiger partial charge in [-0.1, -0.05) is 11.6 Å². The van der Waals surface area contributed by atoms with Crippen molar-refractivity contribution in [1.82, 2.24) is 14.6 Å². The third-order valence-electron chi connectivity index (χ3n) is 4.94. The first-order valence-electron chi connectivity index (χ1n) is 10.3. The van der Waals surface area contributed by atoms with Gasteiger partial charge in [-0.3, -0.25) is 4.79 Å². The molecule has 1 amide bonds. The van der Waals surface area contributed by atoms with Crippen LogP contribution >= 0.6 is 11.6 Å². The van der Waals surface area contributed by atoms with E-state index in [1.165, 1.54) is 4.68 Å². The molecule has 3 rings (SSSR count). The van der Waals surface area contributed by atoms with Crippen molar-refractivity contribution < 1.29 is 9.53 Å². The van der Waals surface area contributed by atoms with Crippen LogP contribution in [-0.4, -0.2) is 53.4 Å². The van der Waals surface area contributed by atoms with E-state index in [0.29, 0.717) is 41.7 Å². The summed E-state index contributed by atoms with van der Waals surface area (Å²) < 4.78 is 7.02. The Labute approximate surface area is 188 Å². The van der Waals surface area contributed by atoms with Gasteiger partial charge in [0, 0.05) is 44.3 Å². The van der Waals surface area contributed by atoms with Crippen molar-refractivity contribution in [3.05, 3.63) is 50.9 Å². The second kappa shape index (κ2) is 8.78. The molecule has 0 unspecified atom stereocenters. The second-order valence-electron chi connectivity index (χ2n) is 8.67. The van der Waals surface area contributed by atoms with E-state index in [1.54, 1.807) is 24.0 Å². The maximum atomic E-state index is 13.5. The highest BCUT2D eigenvalue weighted by Gasteiger charge is 2.30. The van der Waals surface area contributed by atoms with Crippen molar-refractivity contribution in [2.75, 3.05) is 37.1 Å². The molecule has 0 radical (unpaired) electrons. The van der Waals surface area contributed by atoms with E-state index in [1.807, 2.05) is 56.9 Å². The lowest BCUT2D eigenvalue weighted by Gasteiger charge is -2.33. The fourth-order valence-electron chi connectivity index (χ4n) is 3.53. The molecule has 0 fully saturated rings. The topological polar surface area (TPSA) is 70.9 Å². The first kappa shape index (κ1) is 22.9. The fourth-order valence-corrected chi connectivity index (χ4v) is 3.66. The number of fused-ring (bicyclic) bond motifs is 1. The Bertz CT molecular complexity index is 1010. The van der Waals surface area contributed by atoms with Crippen molar-refractivity contribution in [3.63, 3.8) is 0 Å². The minimum absolute atomic E-state index is 0.178. The molecule has 0 saturated carbocycles. The summed E-state index contributed by atoms with van der Waals surface area (Å²) >= 11 is 6.05. The third kappa shape index (κ3) is 4.95. The molecule has 1 aliphatic heterocycles. The Hall–Kier alpha value is -2.74. The number of hydrogen-bond acceptors (Lipinski definition) is 6. The summed E-state index contributed by atoms with van der Waals surface area (Å²) in [4.78, 5) is 34.4. The van der Waals surface area contributed by atoms with Crippen LogP contribution in [-0.2, 0) is 17.7 Å². The Morgan fingerprint density at radius 2 is 1.87 bits per heavy atom. The standard InChI is InChI=1S/C22H30ClN5O3/c1-7-27(16-10-8-15(23)9-11-16)20-24-18-12-13-26(21(30)31-22(2,3)4)14-17(18)19(29)28(20)25(5)6/h8-11H,7,12-14H2,1-6H3. The first-order chi connectivity index (χ1) is 14.5. The maximum absolute atomic E-state index is 13.5. The minimum atomic E-state index is -0.594. The lowest BCUT2D eigenvalue weighted by molar-refractivity contribution is 0.0221. The van der Waals surface area contributed by atoms with Crippen LogP contribution in [0, 0.1) is 0 Å². The molecule has 0 atom stereocenters. The summed E-state index contributed by atoms with van der Waals surface area (Å²) in [5.74, 6) is 0.532. The molecular weight excluding hydrogens is 418 g/mol. The van der Waals surface area contributed by atoms with Crippen LogP contribution < -0.4 is 15.5 Å². The van der Waals surface area contributed by atoms with Crippen LogP contribution in [0.3, 0.4) is 0 Å². The van der Waals surface area contributed by atoms with Crippen molar-refractivity contribution in [2.24, 2.45) is 0 Å². The zero-order valence-corrected chi connectivity index (χ0v) is 19.7. The number of hydrogen-bond donors (Lipinski definition) is 0. The number of anilines is 2. The average molecular weight is 448 g/mol. The van der Waals surface area contributed by atoms with Crippen molar-refractivity contribution in [1.29, 1.82) is 0 Å². The summed E-state index contributed by atoms with van der Waals surface area (Å²) in [5, 5.41) is 2.35. The molecule has 8 nitrogen and oxygen atoms in total. The van der Waals surface area contributed by atoms with Crippen LogP contribution in [0.15, 0.2) is 29.1 Å². The summed E-state index contributed by atoms with van der Waals surface area (Å²) in [6.45, 7) is 8.72. The molecule has 2 heterocycles. The Kier molecular flexibility index (Phi) is 6.50. The van der Waals surface area contributed by atoms with Crippen molar-refractivity contribution in [3.8, 4) is 0 Å². The lowest BCUT2D eigenvalue weighted by atomic mass is 10.1. The normalized spacial score (nSPS) is 13.6. The predicted octanol–water partition coefficient (Wildman–Crippen LogP) is 3.55. The molecule has 0 bridgehead atoms. The molecule has 1 aromatic heterocycles. The summed E-state index contributed by atoms with van der Waals surface area (Å²) in [5.41, 5.74) is 1.34. The van der Waals surface area contributed by atoms with Gasteiger partial charge in [-0.25, -0.2) is 9.78 Å². The van der Waals surface area contributed by atoms with E-state index in [9.17, 15) is 9.59 Å². The molecule has 168 valence electrons. The third-order valence-corrected chi connectivity index (χ3v) is 5.19. The summed E-state index contributed by atoms with van der Waals surface area (Å²) in [6.07, 6.45) is 0.0675. The Morgan fingerprint density at radius 3 is 2.42 bits per heavy atom. The van der Waals surface area contributed by atoms with E-state index >= 15 is 0 Å². The van der Waals surface area contributed by atoms with Gasteiger partial charge in [0.2, 0.25) is 5.95 Å². The number of carbonyl (C=O) groups is 1. The van der Waals surface area contributed by atoms with E-state index < -0.39 is 11.7 Å². The number of aromatic nitrogens is 2. The monoisotopic (exact) mass is 447 g/mol. The SMILES string of the molecule is CCN(c1ccc(Cl)cc1)c1nc2c(c(=O)n1N(C)C)CN(C(=O)OC(C)(C)C)CC2. The van der Waals surface area contributed by atoms with Gasteiger partial charge in [-0.05, 0) is 52.0 Å². The molecule has 9 heteroatoms. The number of carbonyl (C=O) groups excluding carboxylic acids is 1. The number of ether oxygens (including phenoxy) is 1. The van der Waals surface area contributed by atoms with Gasteiger partial charge in [0.25, 0.3) is 5.56 Å². The van der Waals surface area contributed by atoms with Gasteiger partial charge in [0.05, 0.1) is 17.8 Å². The predicted molar refractivity (Wildman–Crippen MR) is 123 cm³/mol. The quantitative estimate of drug-likeness (QED) is 0.713. The van der Waals surface area contributed by atoms with Gasteiger partial charge in [-0.15, -0.1) is 0 Å². The van der Waals surface area contributed by atoms with Crippen LogP contribution in [0.2, 0.25) is 5.02 Å². The van der Waals surface area contributed by atoms with Crippen LogP contribution in [0.4, 0.5) is 16.4 Å². The number of halogens is 1. The molecule has 1 aliphatic rings. The lowest BCUT2D eigenvalue weighted by Crippen LogP contribution is -2.47. The molecule has 2 aromatic rings. The molecule has 31 heavy (non-hydrogen) atoms. The molecule has 0 N–H and O–H groups in total. The smallest absolute Gasteiger partial charge is 0.410 e. The minimum Gasteiger partial charge on any atom is -0.444 e. The zero-order chi connectivity index (χ0) is 22.9. The van der Waals surface area contributed by atoms with Gasteiger partial charge >= 0.3 is 6.09 Å². The second-order valence-corrected chi connectivity index (χ2v) is 9.11. The Balaban J connectivity index is 2.04.